The minimum absolute atomic E-state index is 0.0109. The molecule has 0 N–H and O–H groups in total. The van der Waals surface area contributed by atoms with Gasteiger partial charge in [0, 0.05) is 6.07 Å². The zero-order chi connectivity index (χ0) is 32.1. The molecular formula is C33H23F7O5. The number of alkyl halides is 7. The van der Waals surface area contributed by atoms with E-state index in [-0.39, 0.29) is 17.2 Å². The number of benzene rings is 4. The Bertz CT molecular complexity index is 1630. The van der Waals surface area contributed by atoms with Crippen molar-refractivity contribution in [3.05, 3.63) is 139 Å². The van der Waals surface area contributed by atoms with Gasteiger partial charge in [-0.15, -0.1) is 0 Å². The van der Waals surface area contributed by atoms with Crippen LogP contribution in [0.4, 0.5) is 30.7 Å². The van der Waals surface area contributed by atoms with Crippen LogP contribution in [0.3, 0.4) is 0 Å². The fourth-order valence-corrected chi connectivity index (χ4v) is 4.25. The maximum Gasteiger partial charge on any atom is 0.507 e. The molecule has 234 valence electrons. The van der Waals surface area contributed by atoms with Crippen molar-refractivity contribution in [1.82, 2.24) is 0 Å². The van der Waals surface area contributed by atoms with Gasteiger partial charge >= 0.3 is 18.4 Å². The molecular weight excluding hydrogens is 609 g/mol. The molecule has 12 heteroatoms. The van der Waals surface area contributed by atoms with E-state index in [4.69, 9.17) is 14.2 Å². The largest absolute Gasteiger partial charge is 0.507 e. The average Bonchev–Trinajstić information content (AvgIpc) is 2.99. The quantitative estimate of drug-likeness (QED) is 0.154. The molecule has 4 aromatic rings. The predicted octanol–water partition coefficient (Wildman–Crippen LogP) is 9.34. The molecule has 2 atom stereocenters. The Morgan fingerprint density at radius 1 is 0.533 bits per heavy atom. The Labute approximate surface area is 252 Å². The summed E-state index contributed by atoms with van der Waals surface area (Å²) >= 11 is 0. The van der Waals surface area contributed by atoms with Crippen molar-refractivity contribution in [1.29, 1.82) is 0 Å². The summed E-state index contributed by atoms with van der Waals surface area (Å²) in [5, 5.41) is 0. The van der Waals surface area contributed by atoms with Crippen LogP contribution in [-0.2, 0) is 4.74 Å². The van der Waals surface area contributed by atoms with Crippen molar-refractivity contribution in [3.63, 3.8) is 0 Å². The van der Waals surface area contributed by atoms with Crippen LogP contribution in [0.1, 0.15) is 0 Å². The highest BCUT2D eigenvalue weighted by molar-refractivity contribution is 5.38. The van der Waals surface area contributed by atoms with Crippen LogP contribution >= 0.6 is 0 Å². The van der Waals surface area contributed by atoms with Gasteiger partial charge in [0.2, 0.25) is 6.10 Å². The molecule has 0 bridgehead atoms. The van der Waals surface area contributed by atoms with Gasteiger partial charge < -0.3 is 23.7 Å². The number of rotatable bonds is 11. The molecule has 0 amide bonds. The second kappa shape index (κ2) is 12.5. The van der Waals surface area contributed by atoms with Crippen LogP contribution in [0, 0.1) is 0 Å². The third-order valence-corrected chi connectivity index (χ3v) is 6.34. The smallest absolute Gasteiger partial charge is 0.477 e. The summed E-state index contributed by atoms with van der Waals surface area (Å²) in [5.41, 5.74) is -3.48. The molecule has 5 nitrogen and oxygen atoms in total. The Balaban J connectivity index is 1.45. The van der Waals surface area contributed by atoms with E-state index in [1.807, 2.05) is 0 Å². The normalized spacial score (nSPS) is 18.5. The lowest BCUT2D eigenvalue weighted by molar-refractivity contribution is -0.400. The molecule has 45 heavy (non-hydrogen) atoms. The van der Waals surface area contributed by atoms with E-state index in [0.717, 1.165) is 12.1 Å². The highest BCUT2D eigenvalue weighted by atomic mass is 19.4. The number of ether oxygens (including phenoxy) is 5. The van der Waals surface area contributed by atoms with Gasteiger partial charge in [0.15, 0.2) is 0 Å². The summed E-state index contributed by atoms with van der Waals surface area (Å²) in [4.78, 5) is 0. The van der Waals surface area contributed by atoms with Crippen LogP contribution < -0.4 is 18.9 Å². The van der Waals surface area contributed by atoms with Crippen molar-refractivity contribution < 1.29 is 54.4 Å². The van der Waals surface area contributed by atoms with Crippen LogP contribution in [0.2, 0.25) is 0 Å². The number of allylic oxidation sites excluding steroid dienone is 2. The SMILES string of the molecule is FC(F)(F)C1(Oc2ccccc2)C=CC=C(OC(F)(F)C(F)(F)Oc2cccc(Oc3ccccc3)c2)C1Oc1ccccc1. The van der Waals surface area contributed by atoms with Crippen LogP contribution in [-0.4, -0.2) is 30.1 Å². The molecule has 0 aromatic heterocycles. The first-order valence-corrected chi connectivity index (χ1v) is 13.3. The first kappa shape index (κ1) is 31.3. The van der Waals surface area contributed by atoms with Crippen molar-refractivity contribution >= 4 is 0 Å². The minimum Gasteiger partial charge on any atom is -0.477 e. The van der Waals surface area contributed by atoms with Gasteiger partial charge in [-0.3, -0.25) is 0 Å². The molecule has 0 radical (unpaired) electrons. The van der Waals surface area contributed by atoms with Gasteiger partial charge in [-0.25, -0.2) is 0 Å². The van der Waals surface area contributed by atoms with E-state index < -0.39 is 41.6 Å². The van der Waals surface area contributed by atoms with Gasteiger partial charge in [-0.2, -0.15) is 30.7 Å². The molecule has 0 fully saturated rings. The third-order valence-electron chi connectivity index (χ3n) is 6.34. The van der Waals surface area contributed by atoms with Crippen molar-refractivity contribution in [2.45, 2.75) is 30.1 Å². The van der Waals surface area contributed by atoms with E-state index >= 15 is 17.6 Å². The number of para-hydroxylation sites is 3. The van der Waals surface area contributed by atoms with Gasteiger partial charge in [-0.05, 0) is 60.7 Å². The highest BCUT2D eigenvalue weighted by Crippen LogP contribution is 2.47. The zero-order valence-electron chi connectivity index (χ0n) is 23.0. The van der Waals surface area contributed by atoms with Crippen molar-refractivity contribution in [3.8, 4) is 28.7 Å². The van der Waals surface area contributed by atoms with E-state index in [2.05, 4.69) is 9.47 Å². The fourth-order valence-electron chi connectivity index (χ4n) is 4.25. The average molecular weight is 633 g/mol. The van der Waals surface area contributed by atoms with Crippen molar-refractivity contribution in [2.24, 2.45) is 0 Å². The summed E-state index contributed by atoms with van der Waals surface area (Å²) in [6.45, 7) is 0. The number of halogens is 7. The van der Waals surface area contributed by atoms with E-state index in [0.29, 0.717) is 24.0 Å². The van der Waals surface area contributed by atoms with Crippen molar-refractivity contribution in [2.75, 3.05) is 0 Å². The molecule has 1 aliphatic carbocycles. The first-order valence-electron chi connectivity index (χ1n) is 13.3. The van der Waals surface area contributed by atoms with Gasteiger partial charge in [0.25, 0.3) is 5.60 Å². The second-order valence-corrected chi connectivity index (χ2v) is 9.57. The van der Waals surface area contributed by atoms with Crippen LogP contribution in [0.15, 0.2) is 139 Å². The summed E-state index contributed by atoms with van der Waals surface area (Å²) in [6.07, 6.45) is -16.9. The summed E-state index contributed by atoms with van der Waals surface area (Å²) in [6, 6.07) is 26.2. The van der Waals surface area contributed by atoms with Gasteiger partial charge in [0.1, 0.15) is 34.5 Å². The maximum absolute atomic E-state index is 15.2. The van der Waals surface area contributed by atoms with E-state index in [1.54, 1.807) is 30.3 Å². The Morgan fingerprint density at radius 3 is 1.64 bits per heavy atom. The molecule has 1 aliphatic rings. The Hall–Kier alpha value is -5.13. The maximum atomic E-state index is 15.2. The molecule has 0 saturated heterocycles. The van der Waals surface area contributed by atoms with Crippen LogP contribution in [0.5, 0.6) is 28.7 Å². The summed E-state index contributed by atoms with van der Waals surface area (Å²) in [7, 11) is 0. The van der Waals surface area contributed by atoms with E-state index in [1.165, 1.54) is 72.8 Å². The summed E-state index contributed by atoms with van der Waals surface area (Å²) in [5.74, 6) is -2.22. The monoisotopic (exact) mass is 632 g/mol. The molecule has 0 aliphatic heterocycles. The Kier molecular flexibility index (Phi) is 8.67. The highest BCUT2D eigenvalue weighted by Gasteiger charge is 2.68. The first-order chi connectivity index (χ1) is 21.4. The Morgan fingerprint density at radius 2 is 1.04 bits per heavy atom. The zero-order valence-corrected chi connectivity index (χ0v) is 23.0. The fraction of sp³-hybridized carbons (Fsp3) is 0.152. The molecule has 0 spiro atoms. The standard InChI is InChI=1S/C33H23F7O5/c34-31(35,36)30(43-25-16-8-3-9-17-25)21-11-20-28(29(30)42-24-14-6-2-7-15-24)45-33(39,40)32(37,38)44-27-19-10-18-26(22-27)41-23-12-4-1-5-13-23/h1-22,29H. The van der Waals surface area contributed by atoms with Gasteiger partial charge in [-0.1, -0.05) is 66.7 Å². The van der Waals surface area contributed by atoms with Crippen LogP contribution in [0.25, 0.3) is 0 Å². The van der Waals surface area contributed by atoms with E-state index in [9.17, 15) is 13.2 Å². The lowest BCUT2D eigenvalue weighted by Crippen LogP contribution is -2.62. The number of hydrogen-bond donors (Lipinski definition) is 0. The summed E-state index contributed by atoms with van der Waals surface area (Å²) < 4.78 is 130. The lowest BCUT2D eigenvalue weighted by atomic mass is 9.89. The lowest BCUT2D eigenvalue weighted by Gasteiger charge is -2.42. The third kappa shape index (κ3) is 7.00. The second-order valence-electron chi connectivity index (χ2n) is 9.57. The van der Waals surface area contributed by atoms with Gasteiger partial charge in [0.05, 0.1) is 0 Å². The molecule has 5 rings (SSSR count). The molecule has 0 saturated carbocycles. The molecule has 2 unspecified atom stereocenters. The topological polar surface area (TPSA) is 46.2 Å². The number of hydrogen-bond acceptors (Lipinski definition) is 5. The molecule has 4 aromatic carbocycles. The minimum atomic E-state index is -5.51. The molecule has 0 heterocycles. The predicted molar refractivity (Wildman–Crippen MR) is 149 cm³/mol.